The Morgan fingerprint density at radius 1 is 1.43 bits per heavy atom. The monoisotopic (exact) mass is 330 g/mol. The predicted molar refractivity (Wildman–Crippen MR) is 93.0 cm³/mol. The van der Waals surface area contributed by atoms with Gasteiger partial charge in [-0.2, -0.15) is 0 Å². The SMILES string of the molecule is CCO[C@@H](C)C(=O)Nc1nc2c(s1)C[C@@H](c1ccccc1)CC2. The molecule has 1 aromatic heterocycles. The van der Waals surface area contributed by atoms with Crippen molar-refractivity contribution < 1.29 is 9.53 Å². The molecule has 1 aliphatic rings. The molecule has 0 spiro atoms. The van der Waals surface area contributed by atoms with E-state index >= 15 is 0 Å². The Labute approximate surface area is 140 Å². The van der Waals surface area contributed by atoms with Crippen LogP contribution in [0.4, 0.5) is 5.13 Å². The van der Waals surface area contributed by atoms with E-state index in [1.807, 2.05) is 6.92 Å². The molecule has 1 aliphatic carbocycles. The van der Waals surface area contributed by atoms with Gasteiger partial charge in [-0.05, 0) is 44.6 Å². The number of nitrogens with zero attached hydrogens (tertiary/aromatic N) is 1. The molecule has 1 N–H and O–H groups in total. The third kappa shape index (κ3) is 3.79. The Balaban J connectivity index is 1.68. The fourth-order valence-corrected chi connectivity index (χ4v) is 4.06. The number of nitrogens with one attached hydrogen (secondary N) is 1. The number of hydrogen-bond acceptors (Lipinski definition) is 4. The number of thiazole rings is 1. The minimum absolute atomic E-state index is 0.127. The maximum atomic E-state index is 12.0. The molecule has 1 aromatic carbocycles. The Bertz CT molecular complexity index is 669. The zero-order chi connectivity index (χ0) is 16.2. The first-order valence-electron chi connectivity index (χ1n) is 8.13. The number of benzene rings is 1. The fraction of sp³-hybridized carbons (Fsp3) is 0.444. The quantitative estimate of drug-likeness (QED) is 0.908. The number of fused-ring (bicyclic) bond motifs is 1. The molecule has 4 nitrogen and oxygen atoms in total. The molecule has 2 aromatic rings. The van der Waals surface area contributed by atoms with Crippen molar-refractivity contribution in [2.75, 3.05) is 11.9 Å². The van der Waals surface area contributed by atoms with E-state index in [4.69, 9.17) is 4.74 Å². The lowest BCUT2D eigenvalue weighted by Gasteiger charge is -2.21. The summed E-state index contributed by atoms with van der Waals surface area (Å²) >= 11 is 1.60. The van der Waals surface area contributed by atoms with Crippen LogP contribution in [-0.4, -0.2) is 23.6 Å². The van der Waals surface area contributed by atoms with Gasteiger partial charge < -0.3 is 4.74 Å². The molecule has 1 heterocycles. The first-order valence-corrected chi connectivity index (χ1v) is 8.95. The number of hydrogen-bond donors (Lipinski definition) is 1. The van der Waals surface area contributed by atoms with Gasteiger partial charge in [0.15, 0.2) is 5.13 Å². The van der Waals surface area contributed by atoms with Crippen molar-refractivity contribution in [3.05, 3.63) is 46.5 Å². The van der Waals surface area contributed by atoms with E-state index in [1.165, 1.54) is 10.4 Å². The van der Waals surface area contributed by atoms with Gasteiger partial charge in [-0.1, -0.05) is 30.3 Å². The summed E-state index contributed by atoms with van der Waals surface area (Å²) in [7, 11) is 0. The second kappa shape index (κ2) is 7.23. The number of aryl methyl sites for hydroxylation is 1. The fourth-order valence-electron chi connectivity index (χ4n) is 2.97. The van der Waals surface area contributed by atoms with Crippen molar-refractivity contribution in [2.24, 2.45) is 0 Å². The molecule has 0 radical (unpaired) electrons. The largest absolute Gasteiger partial charge is 0.369 e. The summed E-state index contributed by atoms with van der Waals surface area (Å²) in [5.41, 5.74) is 2.53. The van der Waals surface area contributed by atoms with Gasteiger partial charge in [0.25, 0.3) is 5.91 Å². The van der Waals surface area contributed by atoms with Crippen molar-refractivity contribution in [2.45, 2.75) is 45.1 Å². The Morgan fingerprint density at radius 2 is 2.22 bits per heavy atom. The van der Waals surface area contributed by atoms with Crippen LogP contribution in [0.5, 0.6) is 0 Å². The third-order valence-electron chi connectivity index (χ3n) is 4.23. The molecule has 1 amide bonds. The Hall–Kier alpha value is -1.72. The molecular weight excluding hydrogens is 308 g/mol. The maximum absolute atomic E-state index is 12.0. The van der Waals surface area contributed by atoms with Crippen LogP contribution in [0.25, 0.3) is 0 Å². The molecule has 0 saturated carbocycles. The molecule has 0 unspecified atom stereocenters. The summed E-state index contributed by atoms with van der Waals surface area (Å²) in [6.07, 6.45) is 2.65. The van der Waals surface area contributed by atoms with Crippen molar-refractivity contribution in [3.8, 4) is 0 Å². The average molecular weight is 330 g/mol. The third-order valence-corrected chi connectivity index (χ3v) is 5.26. The molecule has 0 fully saturated rings. The van der Waals surface area contributed by atoms with E-state index in [1.54, 1.807) is 18.3 Å². The second-order valence-electron chi connectivity index (χ2n) is 5.83. The Kier molecular flexibility index (Phi) is 5.08. The van der Waals surface area contributed by atoms with E-state index in [0.717, 1.165) is 25.0 Å². The second-order valence-corrected chi connectivity index (χ2v) is 6.91. The smallest absolute Gasteiger partial charge is 0.254 e. The lowest BCUT2D eigenvalue weighted by atomic mass is 9.85. The van der Waals surface area contributed by atoms with E-state index in [-0.39, 0.29) is 5.91 Å². The topological polar surface area (TPSA) is 51.2 Å². The maximum Gasteiger partial charge on any atom is 0.254 e. The van der Waals surface area contributed by atoms with Crippen LogP contribution in [0.15, 0.2) is 30.3 Å². The van der Waals surface area contributed by atoms with Crippen LogP contribution in [0, 0.1) is 0 Å². The summed E-state index contributed by atoms with van der Waals surface area (Å²) in [5, 5.41) is 3.58. The minimum Gasteiger partial charge on any atom is -0.369 e. The van der Waals surface area contributed by atoms with Crippen molar-refractivity contribution in [1.29, 1.82) is 0 Å². The highest BCUT2D eigenvalue weighted by molar-refractivity contribution is 7.15. The highest BCUT2D eigenvalue weighted by Gasteiger charge is 2.24. The van der Waals surface area contributed by atoms with E-state index in [2.05, 4.69) is 40.6 Å². The number of aromatic nitrogens is 1. The summed E-state index contributed by atoms with van der Waals surface area (Å²) in [6.45, 7) is 4.18. The lowest BCUT2D eigenvalue weighted by molar-refractivity contribution is -0.126. The standard InChI is InChI=1S/C18H22N2O2S/c1-3-22-12(2)17(21)20-18-19-15-10-9-14(11-16(15)23-18)13-7-5-4-6-8-13/h4-8,12,14H,3,9-11H2,1-2H3,(H,19,20,21)/t12-,14-/m0/s1. The molecule has 0 bridgehead atoms. The van der Waals surface area contributed by atoms with E-state index in [9.17, 15) is 4.79 Å². The van der Waals surface area contributed by atoms with Gasteiger partial charge in [0.1, 0.15) is 6.10 Å². The number of amides is 1. The van der Waals surface area contributed by atoms with Gasteiger partial charge in [-0.15, -0.1) is 11.3 Å². The van der Waals surface area contributed by atoms with Crippen LogP contribution in [0.3, 0.4) is 0 Å². The number of anilines is 1. The van der Waals surface area contributed by atoms with Gasteiger partial charge in [0.05, 0.1) is 5.69 Å². The number of carbonyl (C=O) groups is 1. The average Bonchev–Trinajstić information content (AvgIpc) is 2.97. The molecule has 122 valence electrons. The van der Waals surface area contributed by atoms with Gasteiger partial charge in [-0.25, -0.2) is 4.98 Å². The number of ether oxygens (including phenoxy) is 1. The van der Waals surface area contributed by atoms with Crippen LogP contribution in [0.2, 0.25) is 0 Å². The van der Waals surface area contributed by atoms with Crippen LogP contribution in [0.1, 0.15) is 42.3 Å². The zero-order valence-electron chi connectivity index (χ0n) is 13.5. The van der Waals surface area contributed by atoms with Gasteiger partial charge in [0, 0.05) is 11.5 Å². The lowest BCUT2D eigenvalue weighted by Crippen LogP contribution is -2.27. The minimum atomic E-state index is -0.446. The van der Waals surface area contributed by atoms with Crippen molar-refractivity contribution in [1.82, 2.24) is 4.98 Å². The summed E-state index contributed by atoms with van der Waals surface area (Å²) in [5.74, 6) is 0.424. The van der Waals surface area contributed by atoms with Crippen molar-refractivity contribution in [3.63, 3.8) is 0 Å². The van der Waals surface area contributed by atoms with Gasteiger partial charge in [0.2, 0.25) is 0 Å². The summed E-state index contributed by atoms with van der Waals surface area (Å²) < 4.78 is 5.32. The predicted octanol–water partition coefficient (Wildman–Crippen LogP) is 3.78. The highest BCUT2D eigenvalue weighted by atomic mass is 32.1. The number of rotatable bonds is 5. The Morgan fingerprint density at radius 3 is 2.96 bits per heavy atom. The molecular formula is C18H22N2O2S. The highest BCUT2D eigenvalue weighted by Crippen LogP contribution is 2.36. The first-order chi connectivity index (χ1) is 11.2. The van der Waals surface area contributed by atoms with Crippen LogP contribution in [-0.2, 0) is 22.4 Å². The summed E-state index contributed by atoms with van der Waals surface area (Å²) in [4.78, 5) is 17.9. The first kappa shape index (κ1) is 16.1. The van der Waals surface area contributed by atoms with E-state index in [0.29, 0.717) is 17.7 Å². The molecule has 5 heteroatoms. The van der Waals surface area contributed by atoms with Gasteiger partial charge >= 0.3 is 0 Å². The molecule has 3 rings (SSSR count). The normalized spacial score (nSPS) is 18.3. The molecule has 2 atom stereocenters. The van der Waals surface area contributed by atoms with Crippen molar-refractivity contribution >= 4 is 22.4 Å². The zero-order valence-corrected chi connectivity index (χ0v) is 14.4. The van der Waals surface area contributed by atoms with Crippen LogP contribution >= 0.6 is 11.3 Å². The van der Waals surface area contributed by atoms with Gasteiger partial charge in [-0.3, -0.25) is 10.1 Å². The summed E-state index contributed by atoms with van der Waals surface area (Å²) in [6, 6.07) is 10.6. The van der Waals surface area contributed by atoms with Crippen LogP contribution < -0.4 is 5.32 Å². The molecule has 0 saturated heterocycles. The molecule has 0 aliphatic heterocycles. The molecule has 23 heavy (non-hydrogen) atoms. The number of carbonyl (C=O) groups excluding carboxylic acids is 1. The van der Waals surface area contributed by atoms with E-state index < -0.39 is 6.10 Å².